The smallest absolute Gasteiger partial charge is 0.276 e. The number of unbranched alkanes of at least 4 members (excludes halogenated alkanes) is 2. The summed E-state index contributed by atoms with van der Waals surface area (Å²) in [6.45, 7) is 6.21. The quantitative estimate of drug-likeness (QED) is 0.283. The van der Waals surface area contributed by atoms with Crippen molar-refractivity contribution < 1.29 is 14.6 Å². The Morgan fingerprint density at radius 3 is 2.52 bits per heavy atom. The molecule has 3 atom stereocenters. The summed E-state index contributed by atoms with van der Waals surface area (Å²) in [6.07, 6.45) is 8.89. The zero-order valence-electron chi connectivity index (χ0n) is 25.7. The van der Waals surface area contributed by atoms with Gasteiger partial charge in [0.25, 0.3) is 5.91 Å². The molecule has 3 unspecified atom stereocenters. The van der Waals surface area contributed by atoms with E-state index in [1.54, 1.807) is 0 Å². The number of aromatic nitrogens is 3. The van der Waals surface area contributed by atoms with E-state index in [4.69, 9.17) is 27.2 Å². The predicted octanol–water partition coefficient (Wildman–Crippen LogP) is 6.09. The maximum atomic E-state index is 13.9. The molecule has 3 aliphatic rings. The van der Waals surface area contributed by atoms with Crippen LogP contribution in [0.15, 0.2) is 54.1 Å². The number of anilines is 1. The number of nitrogens with two attached hydrogens (primary N) is 1. The topological polar surface area (TPSA) is 110 Å². The first kappa shape index (κ1) is 30.5. The van der Waals surface area contributed by atoms with Crippen LogP contribution in [0.1, 0.15) is 97.9 Å². The maximum absolute atomic E-state index is 13.9. The Labute approximate surface area is 264 Å². The van der Waals surface area contributed by atoms with Gasteiger partial charge in [-0.1, -0.05) is 68.6 Å². The summed E-state index contributed by atoms with van der Waals surface area (Å²) in [4.78, 5) is 22.3. The molecule has 4 heterocycles. The Balaban J connectivity index is 1.40. The van der Waals surface area contributed by atoms with Gasteiger partial charge in [0, 0.05) is 31.4 Å². The molecule has 1 amide bonds. The van der Waals surface area contributed by atoms with Gasteiger partial charge in [0.15, 0.2) is 11.6 Å². The van der Waals surface area contributed by atoms with Crippen molar-refractivity contribution in [2.24, 2.45) is 0 Å². The van der Waals surface area contributed by atoms with Crippen LogP contribution in [0.5, 0.6) is 5.88 Å². The molecule has 0 saturated heterocycles. The highest BCUT2D eigenvalue weighted by Crippen LogP contribution is 2.50. The van der Waals surface area contributed by atoms with E-state index in [2.05, 4.69) is 48.0 Å². The van der Waals surface area contributed by atoms with Gasteiger partial charge in [0.05, 0.1) is 18.7 Å². The first-order chi connectivity index (χ1) is 21.4. The first-order valence-electron chi connectivity index (χ1n) is 16.1. The minimum atomic E-state index is -0.153. The van der Waals surface area contributed by atoms with Gasteiger partial charge >= 0.3 is 0 Å². The molecule has 2 aromatic heterocycles. The van der Waals surface area contributed by atoms with Crippen LogP contribution >= 0.6 is 11.6 Å². The van der Waals surface area contributed by atoms with Gasteiger partial charge in [-0.25, -0.2) is 9.67 Å². The fraction of sp³-hybridized carbons (Fsp3) is 0.500. The summed E-state index contributed by atoms with van der Waals surface area (Å²) >= 11 is 7.01. The van der Waals surface area contributed by atoms with Crippen molar-refractivity contribution in [3.05, 3.63) is 81.5 Å². The summed E-state index contributed by atoms with van der Waals surface area (Å²) < 4.78 is 8.59. The van der Waals surface area contributed by atoms with E-state index >= 15 is 0 Å². The van der Waals surface area contributed by atoms with Gasteiger partial charge in [-0.3, -0.25) is 4.79 Å². The Hall–Kier alpha value is -3.56. The van der Waals surface area contributed by atoms with Gasteiger partial charge < -0.3 is 25.4 Å². The van der Waals surface area contributed by atoms with Crippen molar-refractivity contribution in [1.29, 1.82) is 0 Å². The molecular weight excluding hydrogens is 576 g/mol. The summed E-state index contributed by atoms with van der Waals surface area (Å²) in [5, 5.41) is 15.7. The molecule has 1 saturated carbocycles. The number of ether oxygens (including phenoxy) is 1. The SMILES string of the molecule is CCCCN(CCCC)C(=O)c1nn2c(c1Cl)OC(N1Cc3ccccc3CC1CO)=C1CC(c3ccc(N)nc3)CCC12. The number of aliphatic hydroxyl groups excluding tert-OH is 1. The second kappa shape index (κ2) is 13.2. The molecule has 0 bridgehead atoms. The van der Waals surface area contributed by atoms with E-state index in [1.807, 2.05) is 27.9 Å². The van der Waals surface area contributed by atoms with E-state index in [9.17, 15) is 9.90 Å². The molecule has 6 rings (SSSR count). The Bertz CT molecular complexity index is 1510. The number of nitrogen functional groups attached to an aromatic ring is 1. The monoisotopic (exact) mass is 618 g/mol. The molecule has 0 spiro atoms. The fourth-order valence-corrected chi connectivity index (χ4v) is 7.11. The molecular formula is C34H43ClN6O3. The number of pyridine rings is 1. The molecule has 0 radical (unpaired) electrons. The van der Waals surface area contributed by atoms with Crippen LogP contribution in [0.25, 0.3) is 0 Å². The molecule has 1 fully saturated rings. The third-order valence-electron chi connectivity index (χ3n) is 9.39. The lowest BCUT2D eigenvalue weighted by atomic mass is 9.78. The number of aliphatic hydroxyl groups is 1. The number of allylic oxidation sites excluding steroid dienone is 1. The van der Waals surface area contributed by atoms with Crippen molar-refractivity contribution in [3.8, 4) is 5.88 Å². The molecule has 3 N–H and O–H groups in total. The molecule has 10 heteroatoms. The number of hydrogen-bond acceptors (Lipinski definition) is 7. The lowest BCUT2D eigenvalue weighted by Gasteiger charge is -2.44. The van der Waals surface area contributed by atoms with Gasteiger partial charge in [0.1, 0.15) is 10.8 Å². The first-order valence-corrected chi connectivity index (χ1v) is 16.4. The fourth-order valence-electron chi connectivity index (χ4n) is 6.87. The van der Waals surface area contributed by atoms with E-state index in [0.29, 0.717) is 37.8 Å². The maximum Gasteiger partial charge on any atom is 0.276 e. The normalized spacial score (nSPS) is 20.9. The zero-order valence-corrected chi connectivity index (χ0v) is 26.5. The number of fused-ring (bicyclic) bond motifs is 4. The van der Waals surface area contributed by atoms with E-state index in [-0.39, 0.29) is 41.2 Å². The standard InChI is InChI=1S/C34H43ClN6O3/c1-3-5-15-39(16-6-4-2)32(43)31-30(35)34-41(38-31)28-13-11-23(24-12-14-29(36)37-19-24)18-27(28)33(44-34)40-20-25-10-8-7-9-22(25)17-26(40)21-42/h7-10,12,14,19,23,26,28,42H,3-6,11,13,15-18,20-21H2,1-2H3,(H2,36,37). The summed E-state index contributed by atoms with van der Waals surface area (Å²) in [7, 11) is 0. The largest absolute Gasteiger partial charge is 0.421 e. The Kier molecular flexibility index (Phi) is 9.14. The summed E-state index contributed by atoms with van der Waals surface area (Å²) in [5.41, 5.74) is 10.8. The Morgan fingerprint density at radius 2 is 1.84 bits per heavy atom. The average molecular weight is 619 g/mol. The lowest BCUT2D eigenvalue weighted by Crippen LogP contribution is -2.45. The number of benzene rings is 1. The van der Waals surface area contributed by atoms with Crippen LogP contribution in [0.2, 0.25) is 5.02 Å². The van der Waals surface area contributed by atoms with Crippen LogP contribution in [-0.2, 0) is 13.0 Å². The van der Waals surface area contributed by atoms with Gasteiger partial charge in [-0.05, 0) is 67.2 Å². The number of nitrogens with zero attached hydrogens (tertiary/aromatic N) is 5. The van der Waals surface area contributed by atoms with Crippen molar-refractivity contribution in [2.75, 3.05) is 25.4 Å². The van der Waals surface area contributed by atoms with Crippen LogP contribution in [-0.4, -0.2) is 61.3 Å². The number of hydrogen-bond donors (Lipinski definition) is 2. The molecule has 44 heavy (non-hydrogen) atoms. The third kappa shape index (κ3) is 5.79. The number of amides is 1. The Morgan fingerprint density at radius 1 is 1.09 bits per heavy atom. The highest BCUT2D eigenvalue weighted by atomic mass is 35.5. The minimum Gasteiger partial charge on any atom is -0.421 e. The number of halogens is 1. The predicted molar refractivity (Wildman–Crippen MR) is 171 cm³/mol. The third-order valence-corrected chi connectivity index (χ3v) is 9.73. The highest BCUT2D eigenvalue weighted by Gasteiger charge is 2.43. The van der Waals surface area contributed by atoms with Crippen molar-refractivity contribution in [2.45, 2.75) is 89.8 Å². The van der Waals surface area contributed by atoms with Crippen molar-refractivity contribution in [3.63, 3.8) is 0 Å². The van der Waals surface area contributed by atoms with Crippen LogP contribution < -0.4 is 10.5 Å². The number of rotatable bonds is 10. The van der Waals surface area contributed by atoms with Crippen molar-refractivity contribution >= 4 is 23.3 Å². The number of carbonyl (C=O) groups is 1. The van der Waals surface area contributed by atoms with E-state index in [0.717, 1.165) is 62.0 Å². The highest BCUT2D eigenvalue weighted by molar-refractivity contribution is 6.34. The second-order valence-corrected chi connectivity index (χ2v) is 12.7. The van der Waals surface area contributed by atoms with Gasteiger partial charge in [0.2, 0.25) is 5.88 Å². The van der Waals surface area contributed by atoms with Gasteiger partial charge in [-0.2, -0.15) is 5.10 Å². The second-order valence-electron chi connectivity index (χ2n) is 12.3. The van der Waals surface area contributed by atoms with Crippen LogP contribution in [0.4, 0.5) is 5.82 Å². The van der Waals surface area contributed by atoms with E-state index < -0.39 is 0 Å². The van der Waals surface area contributed by atoms with Crippen LogP contribution in [0, 0.1) is 0 Å². The molecule has 9 nitrogen and oxygen atoms in total. The zero-order chi connectivity index (χ0) is 30.8. The molecule has 3 aromatic rings. The molecule has 234 valence electrons. The summed E-state index contributed by atoms with van der Waals surface area (Å²) in [6, 6.07) is 12.0. The molecule has 1 aliphatic carbocycles. The van der Waals surface area contributed by atoms with Crippen LogP contribution in [0.3, 0.4) is 0 Å². The average Bonchev–Trinajstić information content (AvgIpc) is 3.39. The summed E-state index contributed by atoms with van der Waals surface area (Å²) in [5.74, 6) is 1.71. The minimum absolute atomic E-state index is 0.00893. The van der Waals surface area contributed by atoms with E-state index in [1.165, 1.54) is 11.1 Å². The lowest BCUT2D eigenvalue weighted by molar-refractivity contribution is 0.0740. The molecule has 2 aliphatic heterocycles. The molecule has 1 aromatic carbocycles. The van der Waals surface area contributed by atoms with Crippen molar-refractivity contribution in [1.82, 2.24) is 24.6 Å². The van der Waals surface area contributed by atoms with Gasteiger partial charge in [-0.15, -0.1) is 0 Å². The number of carbonyl (C=O) groups excluding carboxylic acids is 1.